The molecule has 228 valence electrons. The quantitative estimate of drug-likeness (QED) is 0.215. The molecule has 0 spiro atoms. The molecule has 0 heterocycles. The first kappa shape index (κ1) is 37.1. The summed E-state index contributed by atoms with van der Waals surface area (Å²) in [6.07, 6.45) is 7.40. The van der Waals surface area contributed by atoms with Gasteiger partial charge in [-0.2, -0.15) is 0 Å². The summed E-state index contributed by atoms with van der Waals surface area (Å²) in [4.78, 5) is 44.6. The fraction of sp³-hybridized carbons (Fsp3) is 0.467. The average molecular weight is 581 g/mol. The van der Waals surface area contributed by atoms with Crippen molar-refractivity contribution < 1.29 is 42.5 Å². The Bertz CT molecular complexity index is 1050. The standard InChI is InChI=1S/C15H20FNO3.C8H17NO2.C7H5FO2/c1-3-4-5-6-13(15(19)20-2)17-14(18)11-7-9-12(16)10-8-11;1-3-4-5-6-7(9)8(10)11-2;8-6-3-1-5(2-4-6)7(9)10/h7-10,13H,3-6H2,1-2H3,(H,17,18);7H,3-6,9H2,1-2H3;1-4H,(H,9,10)/t13-;7-;/m00./s1. The van der Waals surface area contributed by atoms with Crippen LogP contribution in [-0.2, 0) is 19.1 Å². The number of methoxy groups -OCH3 is 2. The zero-order valence-corrected chi connectivity index (χ0v) is 24.2. The molecule has 1 amide bonds. The maximum absolute atomic E-state index is 12.8. The number of hydrogen-bond donors (Lipinski definition) is 3. The lowest BCUT2D eigenvalue weighted by Crippen LogP contribution is -2.41. The largest absolute Gasteiger partial charge is 0.478 e. The van der Waals surface area contributed by atoms with Gasteiger partial charge in [-0.1, -0.05) is 52.4 Å². The van der Waals surface area contributed by atoms with Crippen molar-refractivity contribution in [3.8, 4) is 0 Å². The number of carbonyl (C=O) groups is 4. The van der Waals surface area contributed by atoms with Crippen LogP contribution in [0.1, 0.15) is 85.9 Å². The van der Waals surface area contributed by atoms with Crippen molar-refractivity contribution >= 4 is 23.8 Å². The van der Waals surface area contributed by atoms with Crippen LogP contribution in [0.5, 0.6) is 0 Å². The number of carboxylic acid groups (broad SMARTS) is 1. The second-order valence-electron chi connectivity index (χ2n) is 8.99. The molecule has 0 aromatic heterocycles. The van der Waals surface area contributed by atoms with E-state index < -0.39 is 41.6 Å². The highest BCUT2D eigenvalue weighted by Crippen LogP contribution is 2.08. The molecule has 41 heavy (non-hydrogen) atoms. The zero-order chi connectivity index (χ0) is 31.2. The Morgan fingerprint density at radius 2 is 1.20 bits per heavy atom. The lowest BCUT2D eigenvalue weighted by molar-refractivity contribution is -0.143. The van der Waals surface area contributed by atoms with Crippen LogP contribution in [0.4, 0.5) is 8.78 Å². The highest BCUT2D eigenvalue weighted by molar-refractivity contribution is 5.96. The number of aromatic carboxylic acids is 1. The van der Waals surface area contributed by atoms with E-state index in [0.29, 0.717) is 12.0 Å². The van der Waals surface area contributed by atoms with Gasteiger partial charge in [0.2, 0.25) is 0 Å². The van der Waals surface area contributed by atoms with Gasteiger partial charge in [0.25, 0.3) is 5.91 Å². The molecule has 0 aliphatic heterocycles. The molecule has 2 aromatic carbocycles. The summed E-state index contributed by atoms with van der Waals surface area (Å²) in [5.74, 6) is -3.05. The van der Waals surface area contributed by atoms with Crippen molar-refractivity contribution in [2.45, 2.75) is 77.3 Å². The Morgan fingerprint density at radius 1 is 0.756 bits per heavy atom. The van der Waals surface area contributed by atoms with E-state index in [1.807, 2.05) is 0 Å². The molecular formula is C30H42F2N2O7. The van der Waals surface area contributed by atoms with Gasteiger partial charge in [-0.15, -0.1) is 0 Å². The third kappa shape index (κ3) is 16.8. The van der Waals surface area contributed by atoms with Crippen LogP contribution in [0.15, 0.2) is 48.5 Å². The fourth-order valence-electron chi connectivity index (χ4n) is 3.31. The Kier molecular flexibility index (Phi) is 19.8. The first-order valence-corrected chi connectivity index (χ1v) is 13.5. The second-order valence-corrected chi connectivity index (χ2v) is 8.99. The van der Waals surface area contributed by atoms with Gasteiger partial charge in [-0.25, -0.2) is 18.4 Å². The third-order valence-electron chi connectivity index (χ3n) is 5.71. The van der Waals surface area contributed by atoms with E-state index in [2.05, 4.69) is 28.6 Å². The van der Waals surface area contributed by atoms with Gasteiger partial charge >= 0.3 is 17.9 Å². The Labute approximate surface area is 240 Å². The maximum Gasteiger partial charge on any atom is 0.335 e. The van der Waals surface area contributed by atoms with Crippen LogP contribution in [-0.4, -0.2) is 55.2 Å². The van der Waals surface area contributed by atoms with E-state index in [-0.39, 0.29) is 11.5 Å². The molecule has 2 rings (SSSR count). The lowest BCUT2D eigenvalue weighted by Gasteiger charge is -2.16. The van der Waals surface area contributed by atoms with Crippen LogP contribution >= 0.6 is 0 Å². The minimum absolute atomic E-state index is 0.0985. The van der Waals surface area contributed by atoms with E-state index in [1.54, 1.807) is 0 Å². The van der Waals surface area contributed by atoms with E-state index in [4.69, 9.17) is 10.8 Å². The smallest absolute Gasteiger partial charge is 0.335 e. The minimum Gasteiger partial charge on any atom is -0.478 e. The molecule has 0 saturated carbocycles. The Balaban J connectivity index is 0.000000643. The molecule has 0 aliphatic carbocycles. The molecule has 0 saturated heterocycles. The van der Waals surface area contributed by atoms with Crippen LogP contribution in [0, 0.1) is 11.6 Å². The van der Waals surface area contributed by atoms with Crippen LogP contribution < -0.4 is 11.1 Å². The number of halogens is 2. The minimum atomic E-state index is -1.04. The molecular weight excluding hydrogens is 538 g/mol. The SMILES string of the molecule is CCCCC[C@H](N)C(=O)OC.CCCCC[C@H](NC(=O)c1ccc(F)cc1)C(=O)OC.O=C(O)c1ccc(F)cc1. The van der Waals surface area contributed by atoms with Gasteiger partial charge in [0.1, 0.15) is 23.7 Å². The van der Waals surface area contributed by atoms with Crippen molar-refractivity contribution in [3.63, 3.8) is 0 Å². The zero-order valence-electron chi connectivity index (χ0n) is 24.2. The highest BCUT2D eigenvalue weighted by atomic mass is 19.1. The molecule has 4 N–H and O–H groups in total. The van der Waals surface area contributed by atoms with Crippen molar-refractivity contribution in [1.29, 1.82) is 0 Å². The van der Waals surface area contributed by atoms with Gasteiger partial charge in [0, 0.05) is 5.56 Å². The summed E-state index contributed by atoms with van der Waals surface area (Å²) in [6, 6.07) is 8.76. The Morgan fingerprint density at radius 3 is 1.61 bits per heavy atom. The average Bonchev–Trinajstić information content (AvgIpc) is 2.97. The van der Waals surface area contributed by atoms with Crippen LogP contribution in [0.25, 0.3) is 0 Å². The normalized spacial score (nSPS) is 11.4. The van der Waals surface area contributed by atoms with E-state index in [1.165, 1.54) is 50.6 Å². The molecule has 0 fully saturated rings. The molecule has 0 aliphatic rings. The summed E-state index contributed by atoms with van der Waals surface area (Å²) in [7, 11) is 2.65. The van der Waals surface area contributed by atoms with E-state index >= 15 is 0 Å². The summed E-state index contributed by atoms with van der Waals surface area (Å²) < 4.78 is 34.1. The molecule has 11 heteroatoms. The Hall–Kier alpha value is -3.86. The number of carboxylic acids is 1. The van der Waals surface area contributed by atoms with Gasteiger partial charge in [0.15, 0.2) is 0 Å². The van der Waals surface area contributed by atoms with Crippen molar-refractivity contribution in [2.24, 2.45) is 5.73 Å². The number of hydrogen-bond acceptors (Lipinski definition) is 7. The van der Waals surface area contributed by atoms with Crippen molar-refractivity contribution in [1.82, 2.24) is 5.32 Å². The fourth-order valence-corrected chi connectivity index (χ4v) is 3.31. The summed E-state index contributed by atoms with van der Waals surface area (Å²) in [5, 5.41) is 11.0. The molecule has 2 aromatic rings. The van der Waals surface area contributed by atoms with Crippen LogP contribution in [0.2, 0.25) is 0 Å². The second kappa shape index (κ2) is 21.9. The topological polar surface area (TPSA) is 145 Å². The summed E-state index contributed by atoms with van der Waals surface area (Å²) in [5.41, 5.74) is 5.91. The number of nitrogens with one attached hydrogen (secondary N) is 1. The molecule has 9 nitrogen and oxygen atoms in total. The van der Waals surface area contributed by atoms with E-state index in [9.17, 15) is 28.0 Å². The molecule has 0 unspecified atom stereocenters. The lowest BCUT2D eigenvalue weighted by atomic mass is 10.1. The van der Waals surface area contributed by atoms with Gasteiger partial charge in [-0.05, 0) is 61.4 Å². The van der Waals surface area contributed by atoms with Gasteiger partial charge in [-0.3, -0.25) is 9.59 Å². The highest BCUT2D eigenvalue weighted by Gasteiger charge is 2.21. The number of esters is 2. The summed E-state index contributed by atoms with van der Waals surface area (Å²) >= 11 is 0. The van der Waals surface area contributed by atoms with Crippen molar-refractivity contribution in [3.05, 3.63) is 71.3 Å². The number of unbranched alkanes of at least 4 members (excludes halogenated alkanes) is 4. The number of benzene rings is 2. The number of ether oxygens (including phenoxy) is 2. The van der Waals surface area contributed by atoms with Crippen molar-refractivity contribution in [2.75, 3.05) is 14.2 Å². The van der Waals surface area contributed by atoms with Gasteiger partial charge < -0.3 is 25.6 Å². The van der Waals surface area contributed by atoms with E-state index in [0.717, 1.165) is 57.1 Å². The molecule has 2 atom stereocenters. The maximum atomic E-state index is 12.8. The number of amides is 1. The number of rotatable bonds is 13. The monoisotopic (exact) mass is 580 g/mol. The third-order valence-corrected chi connectivity index (χ3v) is 5.71. The molecule has 0 radical (unpaired) electrons. The number of nitrogens with two attached hydrogens (primary N) is 1. The first-order chi connectivity index (χ1) is 19.5. The number of carbonyl (C=O) groups excluding carboxylic acids is 3. The summed E-state index contributed by atoms with van der Waals surface area (Å²) in [6.45, 7) is 4.17. The van der Waals surface area contributed by atoms with Crippen LogP contribution in [0.3, 0.4) is 0 Å². The first-order valence-electron chi connectivity index (χ1n) is 13.5. The predicted molar refractivity (Wildman–Crippen MR) is 151 cm³/mol. The van der Waals surface area contributed by atoms with Gasteiger partial charge in [0.05, 0.1) is 19.8 Å². The molecule has 0 bridgehead atoms. The predicted octanol–water partition coefficient (Wildman–Crippen LogP) is 5.27.